The van der Waals surface area contributed by atoms with Crippen LogP contribution in [0.15, 0.2) is 60.8 Å². The van der Waals surface area contributed by atoms with Gasteiger partial charge in [0.15, 0.2) is 5.13 Å². The van der Waals surface area contributed by atoms with E-state index in [1.807, 2.05) is 54.6 Å². The highest BCUT2D eigenvalue weighted by Gasteiger charge is 2.13. The van der Waals surface area contributed by atoms with Gasteiger partial charge in [-0.3, -0.25) is 15.4 Å². The van der Waals surface area contributed by atoms with Gasteiger partial charge in [-0.15, -0.1) is 0 Å². The Morgan fingerprint density at radius 3 is 2.60 bits per heavy atom. The largest absolute Gasteiger partial charge is 0.345 e. The number of nitrogens with zero attached hydrogens (tertiary/aromatic N) is 2. The van der Waals surface area contributed by atoms with Crippen LogP contribution < -0.4 is 10.6 Å². The number of urea groups is 1. The number of carbonyl (C=O) groups is 1. The molecule has 0 saturated carbocycles. The molecule has 3 rings (SSSR count). The van der Waals surface area contributed by atoms with Crippen molar-refractivity contribution < 1.29 is 9.72 Å². The minimum absolute atomic E-state index is 0.120. The van der Waals surface area contributed by atoms with Crippen LogP contribution in [0.2, 0.25) is 0 Å². The lowest BCUT2D eigenvalue weighted by molar-refractivity contribution is -0.380. The Balaban J connectivity index is 1.59. The van der Waals surface area contributed by atoms with E-state index >= 15 is 0 Å². The molecule has 2 amide bonds. The lowest BCUT2D eigenvalue weighted by Gasteiger charge is -2.07. The van der Waals surface area contributed by atoms with Crippen molar-refractivity contribution in [2.24, 2.45) is 0 Å². The molecule has 1 aromatic heterocycles. The number of nitro groups is 1. The average molecular weight is 354 g/mol. The van der Waals surface area contributed by atoms with E-state index in [-0.39, 0.29) is 10.1 Å². The topological polar surface area (TPSA) is 97.2 Å². The number of benzene rings is 2. The molecule has 0 bridgehead atoms. The van der Waals surface area contributed by atoms with Crippen LogP contribution in [0.3, 0.4) is 0 Å². The molecule has 1 heterocycles. The van der Waals surface area contributed by atoms with Gasteiger partial charge in [0.05, 0.1) is 4.92 Å². The van der Waals surface area contributed by atoms with Gasteiger partial charge in [0.2, 0.25) is 0 Å². The Hall–Kier alpha value is -3.26. The van der Waals surface area contributed by atoms with E-state index in [0.29, 0.717) is 6.54 Å². The maximum absolute atomic E-state index is 11.9. The molecule has 0 aliphatic heterocycles. The van der Waals surface area contributed by atoms with Gasteiger partial charge in [-0.1, -0.05) is 48.5 Å². The molecule has 126 valence electrons. The van der Waals surface area contributed by atoms with Crippen molar-refractivity contribution in [3.63, 3.8) is 0 Å². The van der Waals surface area contributed by atoms with Crippen LogP contribution in [0.5, 0.6) is 0 Å². The molecule has 0 fully saturated rings. The van der Waals surface area contributed by atoms with Crippen LogP contribution in [-0.4, -0.2) is 15.9 Å². The molecule has 25 heavy (non-hydrogen) atoms. The Labute approximate surface area is 147 Å². The highest BCUT2D eigenvalue weighted by atomic mass is 32.1. The second kappa shape index (κ2) is 7.54. The van der Waals surface area contributed by atoms with Crippen molar-refractivity contribution in [2.75, 3.05) is 5.32 Å². The summed E-state index contributed by atoms with van der Waals surface area (Å²) in [6.07, 6.45) is 1.11. The Bertz CT molecular complexity index is 896. The van der Waals surface area contributed by atoms with Crippen LogP contribution in [0.1, 0.15) is 5.56 Å². The summed E-state index contributed by atoms with van der Waals surface area (Å²) in [6, 6.07) is 17.3. The third kappa shape index (κ3) is 4.39. The monoisotopic (exact) mass is 354 g/mol. The summed E-state index contributed by atoms with van der Waals surface area (Å²) in [5.74, 6) is 0. The first-order valence-corrected chi connectivity index (χ1v) is 8.23. The molecule has 0 radical (unpaired) electrons. The average Bonchev–Trinajstić information content (AvgIpc) is 3.10. The third-order valence-corrected chi connectivity index (χ3v) is 4.25. The summed E-state index contributed by atoms with van der Waals surface area (Å²) in [7, 11) is 0. The van der Waals surface area contributed by atoms with Gasteiger partial charge in [0, 0.05) is 6.54 Å². The molecular weight excluding hydrogens is 340 g/mol. The quantitative estimate of drug-likeness (QED) is 0.534. The minimum atomic E-state index is -0.546. The standard InChI is InChI=1S/C17H14N4O3S/c22-16(20-17-19-11-15(25-17)21(23)24)18-10-12-5-4-8-14(9-12)13-6-2-1-3-7-13/h1-9,11H,10H2,(H2,18,19,20,22). The fourth-order valence-corrected chi connectivity index (χ4v) is 2.85. The number of hydrogen-bond donors (Lipinski definition) is 2. The molecule has 7 nitrogen and oxygen atoms in total. The molecule has 0 saturated heterocycles. The summed E-state index contributed by atoms with van der Waals surface area (Å²) in [5.41, 5.74) is 3.11. The molecule has 8 heteroatoms. The zero-order chi connectivity index (χ0) is 17.6. The summed E-state index contributed by atoms with van der Waals surface area (Å²) in [5, 5.41) is 15.9. The number of rotatable bonds is 5. The number of anilines is 1. The van der Waals surface area contributed by atoms with Gasteiger partial charge >= 0.3 is 11.0 Å². The Kier molecular flexibility index (Phi) is 5.00. The normalized spacial score (nSPS) is 10.2. The maximum Gasteiger partial charge on any atom is 0.345 e. The van der Waals surface area contributed by atoms with Gasteiger partial charge in [-0.05, 0) is 34.1 Å². The van der Waals surface area contributed by atoms with Gasteiger partial charge in [0.1, 0.15) is 6.20 Å². The molecule has 2 N–H and O–H groups in total. The van der Waals surface area contributed by atoms with E-state index in [9.17, 15) is 14.9 Å². The van der Waals surface area contributed by atoms with Crippen LogP contribution in [0.4, 0.5) is 14.9 Å². The van der Waals surface area contributed by atoms with E-state index in [1.54, 1.807) is 0 Å². The number of aromatic nitrogens is 1. The second-order valence-corrected chi connectivity index (χ2v) is 6.14. The summed E-state index contributed by atoms with van der Waals surface area (Å²) in [4.78, 5) is 25.7. The Morgan fingerprint density at radius 1 is 1.12 bits per heavy atom. The van der Waals surface area contributed by atoms with E-state index in [4.69, 9.17) is 0 Å². The number of hydrogen-bond acceptors (Lipinski definition) is 5. The maximum atomic E-state index is 11.9. The molecule has 0 spiro atoms. The first-order chi connectivity index (χ1) is 12.1. The number of carbonyl (C=O) groups excluding carboxylic acids is 1. The third-order valence-electron chi connectivity index (χ3n) is 3.38. The summed E-state index contributed by atoms with van der Waals surface area (Å²) < 4.78 is 0. The lowest BCUT2D eigenvalue weighted by Crippen LogP contribution is -2.28. The highest BCUT2D eigenvalue weighted by molar-refractivity contribution is 7.18. The van der Waals surface area contributed by atoms with Crippen molar-refractivity contribution in [3.8, 4) is 11.1 Å². The van der Waals surface area contributed by atoms with Gasteiger partial charge in [-0.2, -0.15) is 0 Å². The van der Waals surface area contributed by atoms with E-state index in [2.05, 4.69) is 15.6 Å². The summed E-state index contributed by atoms with van der Waals surface area (Å²) in [6.45, 7) is 0.333. The van der Waals surface area contributed by atoms with Crippen LogP contribution in [-0.2, 0) is 6.54 Å². The van der Waals surface area contributed by atoms with E-state index in [1.165, 1.54) is 0 Å². The van der Waals surface area contributed by atoms with Gasteiger partial charge in [0.25, 0.3) is 0 Å². The SMILES string of the molecule is O=C(NCc1cccc(-c2ccccc2)c1)Nc1ncc([N+](=O)[O-])s1. The van der Waals surface area contributed by atoms with Crippen molar-refractivity contribution >= 4 is 27.5 Å². The van der Waals surface area contributed by atoms with Crippen molar-refractivity contribution in [1.29, 1.82) is 0 Å². The summed E-state index contributed by atoms with van der Waals surface area (Å²) >= 11 is 0.809. The first kappa shape index (κ1) is 16.6. The first-order valence-electron chi connectivity index (χ1n) is 7.41. The van der Waals surface area contributed by atoms with Gasteiger partial charge in [-0.25, -0.2) is 9.78 Å². The van der Waals surface area contributed by atoms with Crippen molar-refractivity contribution in [3.05, 3.63) is 76.5 Å². The van der Waals surface area contributed by atoms with Crippen LogP contribution in [0.25, 0.3) is 11.1 Å². The fourth-order valence-electron chi connectivity index (χ4n) is 2.22. The molecule has 3 aromatic rings. The smallest absolute Gasteiger partial charge is 0.334 e. The molecule has 2 aromatic carbocycles. The highest BCUT2D eigenvalue weighted by Crippen LogP contribution is 2.24. The molecule has 0 atom stereocenters. The van der Waals surface area contributed by atoms with E-state index in [0.717, 1.165) is 34.2 Å². The van der Waals surface area contributed by atoms with Crippen molar-refractivity contribution in [2.45, 2.75) is 6.54 Å². The zero-order valence-electron chi connectivity index (χ0n) is 13.0. The molecule has 0 aliphatic rings. The molecule has 0 aliphatic carbocycles. The number of amides is 2. The number of nitrogens with one attached hydrogen (secondary N) is 2. The predicted molar refractivity (Wildman–Crippen MR) is 96.5 cm³/mol. The van der Waals surface area contributed by atoms with Crippen LogP contribution >= 0.6 is 11.3 Å². The zero-order valence-corrected chi connectivity index (χ0v) is 13.8. The molecule has 0 unspecified atom stereocenters. The van der Waals surface area contributed by atoms with Gasteiger partial charge < -0.3 is 5.32 Å². The van der Waals surface area contributed by atoms with E-state index < -0.39 is 11.0 Å². The Morgan fingerprint density at radius 2 is 1.88 bits per heavy atom. The predicted octanol–water partition coefficient (Wildman–Crippen LogP) is 4.04. The number of thiazole rings is 1. The second-order valence-electron chi connectivity index (χ2n) is 5.13. The van der Waals surface area contributed by atoms with Crippen molar-refractivity contribution in [1.82, 2.24) is 10.3 Å². The minimum Gasteiger partial charge on any atom is -0.334 e. The fraction of sp³-hybridized carbons (Fsp3) is 0.0588. The van der Waals surface area contributed by atoms with Crippen LogP contribution in [0, 0.1) is 10.1 Å². The lowest BCUT2D eigenvalue weighted by atomic mass is 10.0. The molecular formula is C17H14N4O3S.